The van der Waals surface area contributed by atoms with Gasteiger partial charge in [0.15, 0.2) is 0 Å². The number of hydrogen-bond acceptors (Lipinski definition) is 5. The molecule has 1 fully saturated rings. The number of para-hydroxylation sites is 2. The standard InChI is InChI=1S/C21H26N4O3S2/c1-15-9-10-20(29-15)30(27,28)24-12-5-6-17(14-24)21(26)22-11-13-25-16(2)23-18-7-3-4-8-19(18)25/h3-4,7-10,17H,5-6,11-14H2,1-2H3,(H,22,26)/t17-/m1/s1. The zero-order valence-corrected chi connectivity index (χ0v) is 18.8. The van der Waals surface area contributed by atoms with E-state index in [4.69, 9.17) is 0 Å². The van der Waals surface area contributed by atoms with E-state index >= 15 is 0 Å². The number of amides is 1. The summed E-state index contributed by atoms with van der Waals surface area (Å²) in [5.41, 5.74) is 1.99. The molecule has 0 saturated carbocycles. The van der Waals surface area contributed by atoms with E-state index in [1.807, 2.05) is 44.2 Å². The monoisotopic (exact) mass is 446 g/mol. The Morgan fingerprint density at radius 2 is 2.03 bits per heavy atom. The number of sulfonamides is 1. The maximum absolute atomic E-state index is 12.9. The highest BCUT2D eigenvalue weighted by Gasteiger charge is 2.33. The number of nitrogens with zero attached hydrogens (tertiary/aromatic N) is 3. The van der Waals surface area contributed by atoms with Crippen LogP contribution in [0.2, 0.25) is 0 Å². The number of carbonyl (C=O) groups is 1. The number of benzene rings is 1. The molecule has 3 aromatic rings. The second-order valence-electron chi connectivity index (χ2n) is 7.66. The summed E-state index contributed by atoms with van der Waals surface area (Å²) in [6.45, 7) is 5.65. The summed E-state index contributed by atoms with van der Waals surface area (Å²) in [4.78, 5) is 18.2. The topological polar surface area (TPSA) is 84.3 Å². The number of carbonyl (C=O) groups excluding carboxylic acids is 1. The third-order valence-corrected chi connectivity index (χ3v) is 8.88. The molecule has 0 bridgehead atoms. The van der Waals surface area contributed by atoms with Crippen LogP contribution in [0.15, 0.2) is 40.6 Å². The predicted molar refractivity (Wildman–Crippen MR) is 118 cm³/mol. The molecule has 0 unspecified atom stereocenters. The third kappa shape index (κ3) is 4.14. The molecule has 0 spiro atoms. The van der Waals surface area contributed by atoms with Crippen LogP contribution in [0.5, 0.6) is 0 Å². The van der Waals surface area contributed by atoms with Gasteiger partial charge in [-0.3, -0.25) is 4.79 Å². The van der Waals surface area contributed by atoms with E-state index in [1.54, 1.807) is 6.07 Å². The quantitative estimate of drug-likeness (QED) is 0.631. The van der Waals surface area contributed by atoms with Crippen LogP contribution in [0.25, 0.3) is 11.0 Å². The molecule has 1 atom stereocenters. The predicted octanol–water partition coefficient (Wildman–Crippen LogP) is 2.93. The lowest BCUT2D eigenvalue weighted by Gasteiger charge is -2.30. The number of aryl methyl sites for hydroxylation is 2. The van der Waals surface area contributed by atoms with Crippen molar-refractivity contribution in [3.05, 3.63) is 47.1 Å². The first-order chi connectivity index (χ1) is 14.4. The molecule has 0 aliphatic carbocycles. The van der Waals surface area contributed by atoms with Gasteiger partial charge in [-0.05, 0) is 51.0 Å². The molecular weight excluding hydrogens is 420 g/mol. The molecule has 1 saturated heterocycles. The summed E-state index contributed by atoms with van der Waals surface area (Å²) in [5.74, 6) is 0.501. The molecule has 1 aliphatic heterocycles. The van der Waals surface area contributed by atoms with E-state index in [0.717, 1.165) is 21.7 Å². The highest BCUT2D eigenvalue weighted by molar-refractivity contribution is 7.91. The number of rotatable bonds is 6. The van der Waals surface area contributed by atoms with E-state index in [0.29, 0.717) is 36.7 Å². The van der Waals surface area contributed by atoms with Crippen molar-refractivity contribution in [3.63, 3.8) is 0 Å². The average molecular weight is 447 g/mol. The Kier molecular flexibility index (Phi) is 5.95. The van der Waals surface area contributed by atoms with Crippen LogP contribution < -0.4 is 5.32 Å². The second kappa shape index (κ2) is 8.49. The molecule has 160 valence electrons. The molecule has 0 radical (unpaired) electrons. The fraction of sp³-hybridized carbons (Fsp3) is 0.429. The van der Waals surface area contributed by atoms with Crippen LogP contribution in [0.3, 0.4) is 0 Å². The van der Waals surface area contributed by atoms with Gasteiger partial charge in [0.2, 0.25) is 5.91 Å². The third-order valence-electron chi connectivity index (χ3n) is 5.54. The Hall–Kier alpha value is -2.23. The minimum atomic E-state index is -3.53. The van der Waals surface area contributed by atoms with Gasteiger partial charge < -0.3 is 9.88 Å². The van der Waals surface area contributed by atoms with Crippen LogP contribution in [-0.4, -0.2) is 47.8 Å². The van der Waals surface area contributed by atoms with Crippen molar-refractivity contribution in [2.75, 3.05) is 19.6 Å². The smallest absolute Gasteiger partial charge is 0.252 e. The maximum Gasteiger partial charge on any atom is 0.252 e. The Bertz CT molecular complexity index is 1170. The van der Waals surface area contributed by atoms with Gasteiger partial charge in [0, 0.05) is 31.1 Å². The second-order valence-corrected chi connectivity index (χ2v) is 11.1. The molecular formula is C21H26N4O3S2. The number of thiophene rings is 1. The molecule has 7 nitrogen and oxygen atoms in total. The van der Waals surface area contributed by atoms with Crippen LogP contribution in [0, 0.1) is 19.8 Å². The highest BCUT2D eigenvalue weighted by atomic mass is 32.2. The van der Waals surface area contributed by atoms with E-state index in [1.165, 1.54) is 15.6 Å². The van der Waals surface area contributed by atoms with Crippen molar-refractivity contribution in [2.24, 2.45) is 5.92 Å². The zero-order chi connectivity index (χ0) is 21.3. The number of hydrogen-bond donors (Lipinski definition) is 1. The summed E-state index contributed by atoms with van der Waals surface area (Å²) < 4.78 is 29.7. The summed E-state index contributed by atoms with van der Waals surface area (Å²) in [6.07, 6.45) is 1.39. The largest absolute Gasteiger partial charge is 0.354 e. The average Bonchev–Trinajstić information content (AvgIpc) is 3.31. The molecule has 1 amide bonds. The Morgan fingerprint density at radius 3 is 2.80 bits per heavy atom. The molecule has 1 N–H and O–H groups in total. The maximum atomic E-state index is 12.9. The fourth-order valence-electron chi connectivity index (χ4n) is 3.97. The number of piperidine rings is 1. The highest BCUT2D eigenvalue weighted by Crippen LogP contribution is 2.28. The Balaban J connectivity index is 1.37. The van der Waals surface area contributed by atoms with Crippen molar-refractivity contribution in [2.45, 2.75) is 37.4 Å². The van der Waals surface area contributed by atoms with E-state index in [2.05, 4.69) is 14.9 Å². The number of nitrogens with one attached hydrogen (secondary N) is 1. The summed E-state index contributed by atoms with van der Waals surface area (Å²) in [6, 6.07) is 11.4. The van der Waals surface area contributed by atoms with Crippen LogP contribution in [-0.2, 0) is 21.4 Å². The number of aromatic nitrogens is 2. The van der Waals surface area contributed by atoms with E-state index in [9.17, 15) is 13.2 Å². The van der Waals surface area contributed by atoms with Gasteiger partial charge in [0.05, 0.1) is 17.0 Å². The van der Waals surface area contributed by atoms with E-state index < -0.39 is 10.0 Å². The zero-order valence-electron chi connectivity index (χ0n) is 17.2. The molecule has 9 heteroatoms. The lowest BCUT2D eigenvalue weighted by molar-refractivity contribution is -0.126. The fourth-order valence-corrected chi connectivity index (χ4v) is 6.93. The summed E-state index contributed by atoms with van der Waals surface area (Å²) in [7, 11) is -3.53. The first kappa shape index (κ1) is 21.0. The van der Waals surface area contributed by atoms with Gasteiger partial charge in [0.25, 0.3) is 10.0 Å². The van der Waals surface area contributed by atoms with Crippen molar-refractivity contribution in [3.8, 4) is 0 Å². The van der Waals surface area contributed by atoms with Crippen LogP contribution in [0.4, 0.5) is 0 Å². The number of fused-ring (bicyclic) bond motifs is 1. The number of imidazole rings is 1. The van der Waals surface area contributed by atoms with Gasteiger partial charge in [-0.1, -0.05) is 12.1 Å². The first-order valence-electron chi connectivity index (χ1n) is 10.1. The molecule has 1 aliphatic rings. The van der Waals surface area contributed by atoms with Crippen LogP contribution in [0.1, 0.15) is 23.5 Å². The molecule has 2 aromatic heterocycles. The SMILES string of the molecule is Cc1ccc(S(=O)(=O)N2CCC[C@@H](C(=O)NCCn3c(C)nc4ccccc43)C2)s1. The van der Waals surface area contributed by atoms with Gasteiger partial charge in [-0.15, -0.1) is 11.3 Å². The molecule has 3 heterocycles. The van der Waals surface area contributed by atoms with Crippen molar-refractivity contribution >= 4 is 38.3 Å². The van der Waals surface area contributed by atoms with E-state index in [-0.39, 0.29) is 18.4 Å². The normalized spacial score (nSPS) is 18.0. The molecule has 4 rings (SSSR count). The Labute approximate surface area is 180 Å². The Morgan fingerprint density at radius 1 is 1.23 bits per heavy atom. The van der Waals surface area contributed by atoms with Gasteiger partial charge in [0.1, 0.15) is 10.0 Å². The molecule has 30 heavy (non-hydrogen) atoms. The van der Waals surface area contributed by atoms with Gasteiger partial charge >= 0.3 is 0 Å². The summed E-state index contributed by atoms with van der Waals surface area (Å²) >= 11 is 1.27. The van der Waals surface area contributed by atoms with Crippen LogP contribution >= 0.6 is 11.3 Å². The first-order valence-corrected chi connectivity index (χ1v) is 12.4. The van der Waals surface area contributed by atoms with Crippen molar-refractivity contribution in [1.29, 1.82) is 0 Å². The lowest BCUT2D eigenvalue weighted by atomic mass is 9.99. The van der Waals surface area contributed by atoms with Crippen molar-refractivity contribution < 1.29 is 13.2 Å². The minimum absolute atomic E-state index is 0.0839. The lowest BCUT2D eigenvalue weighted by Crippen LogP contribution is -2.45. The molecule has 1 aromatic carbocycles. The van der Waals surface area contributed by atoms with Gasteiger partial charge in [-0.25, -0.2) is 13.4 Å². The minimum Gasteiger partial charge on any atom is -0.354 e. The summed E-state index contributed by atoms with van der Waals surface area (Å²) in [5, 5.41) is 2.99. The van der Waals surface area contributed by atoms with Gasteiger partial charge in [-0.2, -0.15) is 4.31 Å². The van der Waals surface area contributed by atoms with Crippen molar-refractivity contribution in [1.82, 2.24) is 19.2 Å².